The SMILES string of the molecule is O=C(NCc1cccnc1)NC1CCCC1C(=O)O. The van der Waals surface area contributed by atoms with Gasteiger partial charge in [-0.3, -0.25) is 9.78 Å². The minimum absolute atomic E-state index is 0.272. The average Bonchev–Trinajstić information content (AvgIpc) is 2.86. The van der Waals surface area contributed by atoms with Crippen LogP contribution in [0.25, 0.3) is 0 Å². The molecule has 0 aromatic carbocycles. The number of amides is 2. The number of nitrogens with one attached hydrogen (secondary N) is 2. The zero-order valence-corrected chi connectivity index (χ0v) is 10.5. The summed E-state index contributed by atoms with van der Waals surface area (Å²) in [6.07, 6.45) is 5.53. The lowest BCUT2D eigenvalue weighted by molar-refractivity contribution is -0.142. The maximum absolute atomic E-state index is 11.7. The first kappa shape index (κ1) is 13.3. The minimum Gasteiger partial charge on any atom is -0.481 e. The second-order valence-corrected chi connectivity index (χ2v) is 4.67. The second kappa shape index (κ2) is 6.17. The summed E-state index contributed by atoms with van der Waals surface area (Å²) < 4.78 is 0. The lowest BCUT2D eigenvalue weighted by atomic mass is 10.0. The highest BCUT2D eigenvalue weighted by atomic mass is 16.4. The number of urea groups is 1. The van der Waals surface area contributed by atoms with E-state index in [-0.39, 0.29) is 12.1 Å². The largest absolute Gasteiger partial charge is 0.481 e. The number of carbonyl (C=O) groups excluding carboxylic acids is 1. The van der Waals surface area contributed by atoms with Crippen molar-refractivity contribution >= 4 is 12.0 Å². The number of rotatable bonds is 4. The molecule has 2 rings (SSSR count). The third-order valence-electron chi connectivity index (χ3n) is 3.33. The van der Waals surface area contributed by atoms with Crippen LogP contribution in [0.1, 0.15) is 24.8 Å². The van der Waals surface area contributed by atoms with Gasteiger partial charge in [0.1, 0.15) is 0 Å². The lowest BCUT2D eigenvalue weighted by Crippen LogP contribution is -2.45. The molecule has 6 nitrogen and oxygen atoms in total. The fourth-order valence-electron chi connectivity index (χ4n) is 2.33. The smallest absolute Gasteiger partial charge is 0.315 e. The van der Waals surface area contributed by atoms with E-state index < -0.39 is 11.9 Å². The van der Waals surface area contributed by atoms with Gasteiger partial charge in [0.15, 0.2) is 0 Å². The summed E-state index contributed by atoms with van der Waals surface area (Å²) in [5.41, 5.74) is 0.902. The third kappa shape index (κ3) is 3.67. The van der Waals surface area contributed by atoms with E-state index >= 15 is 0 Å². The van der Waals surface area contributed by atoms with Crippen molar-refractivity contribution in [2.75, 3.05) is 0 Å². The number of hydrogen-bond acceptors (Lipinski definition) is 3. The van der Waals surface area contributed by atoms with Gasteiger partial charge in [-0.1, -0.05) is 12.5 Å². The number of nitrogens with zero attached hydrogens (tertiary/aromatic N) is 1. The van der Waals surface area contributed by atoms with Crippen molar-refractivity contribution in [2.45, 2.75) is 31.8 Å². The van der Waals surface area contributed by atoms with Gasteiger partial charge in [0, 0.05) is 25.0 Å². The molecule has 1 aromatic rings. The Kier molecular flexibility index (Phi) is 4.33. The quantitative estimate of drug-likeness (QED) is 0.759. The van der Waals surface area contributed by atoms with Gasteiger partial charge in [-0.15, -0.1) is 0 Å². The van der Waals surface area contributed by atoms with Gasteiger partial charge in [0.2, 0.25) is 0 Å². The Bertz CT molecular complexity index is 450. The molecule has 2 atom stereocenters. The maximum atomic E-state index is 11.7. The second-order valence-electron chi connectivity index (χ2n) is 4.67. The summed E-state index contributed by atoms with van der Waals surface area (Å²) >= 11 is 0. The van der Waals surface area contributed by atoms with Crippen molar-refractivity contribution in [3.05, 3.63) is 30.1 Å². The fraction of sp³-hybridized carbons (Fsp3) is 0.462. The number of pyridine rings is 1. The zero-order valence-electron chi connectivity index (χ0n) is 10.5. The van der Waals surface area contributed by atoms with Gasteiger partial charge < -0.3 is 15.7 Å². The van der Waals surface area contributed by atoms with Crippen LogP contribution in [0.15, 0.2) is 24.5 Å². The molecule has 1 aliphatic rings. The Balaban J connectivity index is 1.80. The summed E-state index contributed by atoms with van der Waals surface area (Å²) in [6, 6.07) is 3.06. The molecule has 0 radical (unpaired) electrons. The van der Waals surface area contributed by atoms with E-state index in [1.54, 1.807) is 18.5 Å². The molecule has 102 valence electrons. The van der Waals surface area contributed by atoms with Gasteiger partial charge in [0.25, 0.3) is 0 Å². The standard InChI is InChI=1S/C13H17N3O3/c17-12(18)10-4-1-5-11(10)16-13(19)15-8-9-3-2-6-14-7-9/h2-3,6-7,10-11H,1,4-5,8H2,(H,17,18)(H2,15,16,19). The predicted octanol–water partition coefficient (Wildman–Crippen LogP) is 1.13. The molecule has 1 saturated carbocycles. The average molecular weight is 263 g/mol. The molecule has 0 saturated heterocycles. The van der Waals surface area contributed by atoms with E-state index in [0.717, 1.165) is 18.4 Å². The van der Waals surface area contributed by atoms with Gasteiger partial charge in [-0.2, -0.15) is 0 Å². The molecule has 1 heterocycles. The van der Waals surface area contributed by atoms with Crippen LogP contribution in [0.4, 0.5) is 4.79 Å². The van der Waals surface area contributed by atoms with Gasteiger partial charge in [-0.25, -0.2) is 4.79 Å². The molecule has 2 amide bonds. The number of aliphatic carboxylic acids is 1. The van der Waals surface area contributed by atoms with E-state index in [4.69, 9.17) is 5.11 Å². The summed E-state index contributed by atoms with van der Waals surface area (Å²) in [6.45, 7) is 0.379. The molecule has 1 fully saturated rings. The molecule has 1 aliphatic carbocycles. The van der Waals surface area contributed by atoms with E-state index in [0.29, 0.717) is 13.0 Å². The third-order valence-corrected chi connectivity index (χ3v) is 3.33. The van der Waals surface area contributed by atoms with Crippen LogP contribution in [0, 0.1) is 5.92 Å². The van der Waals surface area contributed by atoms with Crippen molar-refractivity contribution < 1.29 is 14.7 Å². The summed E-state index contributed by atoms with van der Waals surface area (Å²) in [7, 11) is 0. The van der Waals surface area contributed by atoms with Crippen molar-refractivity contribution in [3.8, 4) is 0 Å². The van der Waals surface area contributed by atoms with Crippen LogP contribution < -0.4 is 10.6 Å². The Labute approximate surface area is 111 Å². The predicted molar refractivity (Wildman–Crippen MR) is 68.4 cm³/mol. The van der Waals surface area contributed by atoms with E-state index in [1.807, 2.05) is 6.07 Å². The van der Waals surface area contributed by atoms with E-state index in [9.17, 15) is 9.59 Å². The van der Waals surface area contributed by atoms with Crippen molar-refractivity contribution in [2.24, 2.45) is 5.92 Å². The monoisotopic (exact) mass is 263 g/mol. The number of hydrogen-bond donors (Lipinski definition) is 3. The highest BCUT2D eigenvalue weighted by Crippen LogP contribution is 2.25. The lowest BCUT2D eigenvalue weighted by Gasteiger charge is -2.17. The molecule has 0 bridgehead atoms. The van der Waals surface area contributed by atoms with Gasteiger partial charge in [-0.05, 0) is 24.5 Å². The summed E-state index contributed by atoms with van der Waals surface area (Å²) in [5.74, 6) is -1.31. The summed E-state index contributed by atoms with van der Waals surface area (Å²) in [5, 5.41) is 14.5. The first-order valence-electron chi connectivity index (χ1n) is 6.33. The molecular weight excluding hydrogens is 246 g/mol. The zero-order chi connectivity index (χ0) is 13.7. The van der Waals surface area contributed by atoms with Crippen LogP contribution in [-0.2, 0) is 11.3 Å². The molecule has 0 spiro atoms. The summed E-state index contributed by atoms with van der Waals surface area (Å²) in [4.78, 5) is 26.6. The molecule has 19 heavy (non-hydrogen) atoms. The molecular formula is C13H17N3O3. The minimum atomic E-state index is -0.838. The molecule has 2 unspecified atom stereocenters. The van der Waals surface area contributed by atoms with Crippen molar-refractivity contribution in [3.63, 3.8) is 0 Å². The van der Waals surface area contributed by atoms with Crippen molar-refractivity contribution in [1.82, 2.24) is 15.6 Å². The number of carbonyl (C=O) groups is 2. The molecule has 3 N–H and O–H groups in total. The Hall–Kier alpha value is -2.11. The highest BCUT2D eigenvalue weighted by Gasteiger charge is 2.33. The maximum Gasteiger partial charge on any atom is 0.315 e. The molecule has 1 aromatic heterocycles. The number of carboxylic acids is 1. The van der Waals surface area contributed by atoms with Crippen LogP contribution in [0.3, 0.4) is 0 Å². The number of aromatic nitrogens is 1. The Morgan fingerprint density at radius 2 is 2.26 bits per heavy atom. The highest BCUT2D eigenvalue weighted by molar-refractivity contribution is 5.77. The van der Waals surface area contributed by atoms with Crippen LogP contribution in [-0.4, -0.2) is 28.1 Å². The van der Waals surface area contributed by atoms with E-state index in [2.05, 4.69) is 15.6 Å². The number of carboxylic acid groups (broad SMARTS) is 1. The van der Waals surface area contributed by atoms with Crippen LogP contribution in [0.5, 0.6) is 0 Å². The van der Waals surface area contributed by atoms with Gasteiger partial charge in [0.05, 0.1) is 5.92 Å². The van der Waals surface area contributed by atoms with E-state index in [1.165, 1.54) is 0 Å². The van der Waals surface area contributed by atoms with Crippen molar-refractivity contribution in [1.29, 1.82) is 0 Å². The van der Waals surface area contributed by atoms with Gasteiger partial charge >= 0.3 is 12.0 Å². The topological polar surface area (TPSA) is 91.3 Å². The molecule has 6 heteroatoms. The molecule has 0 aliphatic heterocycles. The Morgan fingerprint density at radius 3 is 2.95 bits per heavy atom. The normalized spacial score (nSPS) is 21.9. The first-order valence-corrected chi connectivity index (χ1v) is 6.33. The van der Waals surface area contributed by atoms with Crippen LogP contribution >= 0.6 is 0 Å². The fourth-order valence-corrected chi connectivity index (χ4v) is 2.33. The first-order chi connectivity index (χ1) is 9.16. The Morgan fingerprint density at radius 1 is 1.42 bits per heavy atom. The van der Waals surface area contributed by atoms with Crippen LogP contribution in [0.2, 0.25) is 0 Å².